The van der Waals surface area contributed by atoms with Crippen molar-refractivity contribution in [3.63, 3.8) is 0 Å². The van der Waals surface area contributed by atoms with Gasteiger partial charge in [0.1, 0.15) is 0 Å². The highest BCUT2D eigenvalue weighted by molar-refractivity contribution is 5.12. The molecule has 2 heterocycles. The van der Waals surface area contributed by atoms with Gasteiger partial charge in [0.05, 0.1) is 24.3 Å². The van der Waals surface area contributed by atoms with E-state index in [2.05, 4.69) is 10.1 Å². The van der Waals surface area contributed by atoms with Crippen LogP contribution in [-0.2, 0) is 13.1 Å². The van der Waals surface area contributed by atoms with Crippen molar-refractivity contribution in [1.82, 2.24) is 14.7 Å². The molecule has 0 unspecified atom stereocenters. The molecule has 0 aliphatic carbocycles. The lowest BCUT2D eigenvalue weighted by Gasteiger charge is -2.00. The summed E-state index contributed by atoms with van der Waals surface area (Å²) in [4.78, 5) is 4.22. The summed E-state index contributed by atoms with van der Waals surface area (Å²) < 4.78 is 7.17. The summed E-state index contributed by atoms with van der Waals surface area (Å²) in [5.41, 5.74) is 8.40. The van der Waals surface area contributed by atoms with Crippen molar-refractivity contribution >= 4 is 0 Å². The maximum atomic E-state index is 5.45. The first-order chi connectivity index (χ1) is 7.20. The van der Waals surface area contributed by atoms with E-state index in [1.54, 1.807) is 6.33 Å². The number of nitrogens with zero attached hydrogens (tertiary/aromatic N) is 3. The van der Waals surface area contributed by atoms with E-state index in [1.165, 1.54) is 0 Å². The van der Waals surface area contributed by atoms with Crippen molar-refractivity contribution in [2.45, 2.75) is 26.9 Å². The zero-order valence-corrected chi connectivity index (χ0v) is 8.90. The lowest BCUT2D eigenvalue weighted by molar-refractivity contribution is 0.370. The molecule has 2 aromatic heterocycles. The zero-order valence-electron chi connectivity index (χ0n) is 8.90. The Labute approximate surface area is 87.9 Å². The van der Waals surface area contributed by atoms with Crippen LogP contribution < -0.4 is 5.73 Å². The van der Waals surface area contributed by atoms with Gasteiger partial charge in [-0.3, -0.25) is 0 Å². The number of hydrogen-bond acceptors (Lipinski definition) is 4. The van der Waals surface area contributed by atoms with E-state index in [4.69, 9.17) is 10.3 Å². The highest BCUT2D eigenvalue weighted by atomic mass is 16.5. The van der Waals surface area contributed by atoms with Crippen molar-refractivity contribution in [3.8, 4) is 0 Å². The standard InChI is InChI=1S/C10H14N4O/c1-7-8(2)14(6-12-7)5-10-3-9(4-11)13-15-10/h3,6H,4-5,11H2,1-2H3. The van der Waals surface area contributed by atoms with Gasteiger partial charge >= 0.3 is 0 Å². The maximum absolute atomic E-state index is 5.45. The summed E-state index contributed by atoms with van der Waals surface area (Å²) in [7, 11) is 0. The number of hydrogen-bond donors (Lipinski definition) is 1. The maximum Gasteiger partial charge on any atom is 0.156 e. The number of rotatable bonds is 3. The molecular weight excluding hydrogens is 192 g/mol. The summed E-state index contributed by atoms with van der Waals surface area (Å²) in [6.45, 7) is 5.07. The molecule has 0 radical (unpaired) electrons. The van der Waals surface area contributed by atoms with E-state index < -0.39 is 0 Å². The van der Waals surface area contributed by atoms with Crippen molar-refractivity contribution in [2.24, 2.45) is 5.73 Å². The molecule has 5 nitrogen and oxygen atoms in total. The Morgan fingerprint density at radius 1 is 1.47 bits per heavy atom. The average Bonchev–Trinajstić information content (AvgIpc) is 2.80. The average molecular weight is 206 g/mol. The minimum atomic E-state index is 0.408. The Morgan fingerprint density at radius 3 is 2.80 bits per heavy atom. The summed E-state index contributed by atoms with van der Waals surface area (Å²) in [5.74, 6) is 0.802. The van der Waals surface area contributed by atoms with Crippen molar-refractivity contribution in [2.75, 3.05) is 0 Å². The molecule has 0 aliphatic rings. The van der Waals surface area contributed by atoms with Gasteiger partial charge in [0.15, 0.2) is 5.76 Å². The number of imidazole rings is 1. The fourth-order valence-electron chi connectivity index (χ4n) is 1.40. The molecule has 5 heteroatoms. The van der Waals surface area contributed by atoms with E-state index in [-0.39, 0.29) is 0 Å². The lowest BCUT2D eigenvalue weighted by Crippen LogP contribution is -1.99. The molecule has 0 amide bonds. The molecule has 80 valence electrons. The van der Waals surface area contributed by atoms with Gasteiger partial charge in [-0.05, 0) is 13.8 Å². The van der Waals surface area contributed by atoms with Crippen LogP contribution in [0.4, 0.5) is 0 Å². The van der Waals surface area contributed by atoms with Crippen LogP contribution >= 0.6 is 0 Å². The molecule has 0 spiro atoms. The Balaban J connectivity index is 2.18. The highest BCUT2D eigenvalue weighted by Crippen LogP contribution is 2.09. The van der Waals surface area contributed by atoms with Crippen LogP contribution in [0.3, 0.4) is 0 Å². The molecule has 0 bridgehead atoms. The van der Waals surface area contributed by atoms with Gasteiger partial charge in [-0.1, -0.05) is 5.16 Å². The summed E-state index contributed by atoms with van der Waals surface area (Å²) >= 11 is 0. The Bertz CT molecular complexity index is 458. The number of aryl methyl sites for hydroxylation is 1. The van der Waals surface area contributed by atoms with Crippen LogP contribution in [0.15, 0.2) is 16.9 Å². The second-order valence-corrected chi connectivity index (χ2v) is 3.53. The van der Waals surface area contributed by atoms with Gasteiger partial charge in [0, 0.05) is 18.3 Å². The molecule has 2 aromatic rings. The largest absolute Gasteiger partial charge is 0.359 e. The van der Waals surface area contributed by atoms with E-state index in [9.17, 15) is 0 Å². The topological polar surface area (TPSA) is 69.9 Å². The molecule has 0 saturated heterocycles. The quantitative estimate of drug-likeness (QED) is 0.813. The van der Waals surface area contributed by atoms with E-state index >= 15 is 0 Å². The SMILES string of the molecule is Cc1ncn(Cc2cc(CN)no2)c1C. The van der Waals surface area contributed by atoms with E-state index in [0.717, 1.165) is 22.8 Å². The Hall–Kier alpha value is -1.62. The van der Waals surface area contributed by atoms with E-state index in [1.807, 2.05) is 24.5 Å². The smallest absolute Gasteiger partial charge is 0.156 e. The normalized spacial score (nSPS) is 10.9. The predicted molar refractivity (Wildman–Crippen MR) is 55.2 cm³/mol. The molecule has 0 aliphatic heterocycles. The summed E-state index contributed by atoms with van der Waals surface area (Å²) in [5, 5.41) is 3.83. The minimum absolute atomic E-state index is 0.408. The third kappa shape index (κ3) is 1.92. The van der Waals surface area contributed by atoms with Gasteiger partial charge in [-0.25, -0.2) is 4.98 Å². The predicted octanol–water partition coefficient (Wildman–Crippen LogP) is 0.995. The fourth-order valence-corrected chi connectivity index (χ4v) is 1.40. The molecule has 2 N–H and O–H groups in total. The summed E-state index contributed by atoms with van der Waals surface area (Å²) in [6.07, 6.45) is 1.80. The Morgan fingerprint density at radius 2 is 2.27 bits per heavy atom. The first kappa shape index (κ1) is 9.92. The van der Waals surface area contributed by atoms with Crippen LogP contribution in [0, 0.1) is 13.8 Å². The van der Waals surface area contributed by atoms with Crippen LogP contribution in [0.5, 0.6) is 0 Å². The zero-order chi connectivity index (χ0) is 10.8. The second kappa shape index (κ2) is 3.86. The molecule has 0 atom stereocenters. The molecular formula is C10H14N4O. The van der Waals surface area contributed by atoms with Crippen molar-refractivity contribution < 1.29 is 4.52 Å². The molecule has 0 fully saturated rings. The van der Waals surface area contributed by atoms with Gasteiger partial charge in [0.2, 0.25) is 0 Å². The van der Waals surface area contributed by atoms with Crippen LogP contribution in [0.2, 0.25) is 0 Å². The van der Waals surface area contributed by atoms with Gasteiger partial charge in [-0.15, -0.1) is 0 Å². The first-order valence-corrected chi connectivity index (χ1v) is 4.83. The molecule has 0 saturated carbocycles. The highest BCUT2D eigenvalue weighted by Gasteiger charge is 2.06. The molecule has 15 heavy (non-hydrogen) atoms. The van der Waals surface area contributed by atoms with Gasteiger partial charge in [0.25, 0.3) is 0 Å². The summed E-state index contributed by atoms with van der Waals surface area (Å²) in [6, 6.07) is 1.87. The van der Waals surface area contributed by atoms with Crippen molar-refractivity contribution in [1.29, 1.82) is 0 Å². The first-order valence-electron chi connectivity index (χ1n) is 4.83. The van der Waals surface area contributed by atoms with E-state index in [0.29, 0.717) is 13.1 Å². The molecule has 2 rings (SSSR count). The Kier molecular flexibility index (Phi) is 2.55. The third-order valence-corrected chi connectivity index (χ3v) is 2.49. The monoisotopic (exact) mass is 206 g/mol. The minimum Gasteiger partial charge on any atom is -0.359 e. The van der Waals surface area contributed by atoms with Crippen LogP contribution in [0.25, 0.3) is 0 Å². The lowest BCUT2D eigenvalue weighted by atomic mass is 10.3. The van der Waals surface area contributed by atoms with Crippen LogP contribution in [0.1, 0.15) is 22.8 Å². The number of aromatic nitrogens is 3. The molecule has 0 aromatic carbocycles. The van der Waals surface area contributed by atoms with Gasteiger partial charge in [-0.2, -0.15) is 0 Å². The van der Waals surface area contributed by atoms with Gasteiger partial charge < -0.3 is 14.8 Å². The third-order valence-electron chi connectivity index (χ3n) is 2.49. The van der Waals surface area contributed by atoms with Crippen LogP contribution in [-0.4, -0.2) is 14.7 Å². The van der Waals surface area contributed by atoms with Crippen molar-refractivity contribution in [3.05, 3.63) is 35.2 Å². The fraction of sp³-hybridized carbons (Fsp3) is 0.400. The number of nitrogens with two attached hydrogens (primary N) is 1. The second-order valence-electron chi connectivity index (χ2n) is 3.53.